The second kappa shape index (κ2) is 3.58. The van der Waals surface area contributed by atoms with E-state index in [-0.39, 0.29) is 11.6 Å². The summed E-state index contributed by atoms with van der Waals surface area (Å²) < 4.78 is 0. The molecule has 0 radical (unpaired) electrons. The molecule has 2 atom stereocenters. The molecule has 0 aromatic carbocycles. The van der Waals surface area contributed by atoms with Gasteiger partial charge in [-0.25, -0.2) is 0 Å². The molecular formula is C15H25NO. The van der Waals surface area contributed by atoms with E-state index in [9.17, 15) is 5.11 Å². The second-order valence-electron chi connectivity index (χ2n) is 7.09. The molecule has 2 fully saturated rings. The maximum atomic E-state index is 9.64. The van der Waals surface area contributed by atoms with Crippen LogP contribution in [0.15, 0.2) is 11.6 Å². The summed E-state index contributed by atoms with van der Waals surface area (Å²) in [5.41, 5.74) is 8.54. The van der Waals surface area contributed by atoms with Gasteiger partial charge in [-0.15, -0.1) is 0 Å². The summed E-state index contributed by atoms with van der Waals surface area (Å²) in [6.45, 7) is 4.81. The maximum Gasteiger partial charge on any atom is 0.0541 e. The molecule has 2 saturated carbocycles. The van der Waals surface area contributed by atoms with Crippen LogP contribution >= 0.6 is 0 Å². The number of hydrogen-bond acceptors (Lipinski definition) is 2. The minimum Gasteiger partial charge on any atom is -0.393 e. The van der Waals surface area contributed by atoms with Gasteiger partial charge in [-0.2, -0.15) is 0 Å². The van der Waals surface area contributed by atoms with E-state index in [1.165, 1.54) is 18.4 Å². The lowest BCUT2D eigenvalue weighted by Crippen LogP contribution is -2.57. The maximum absolute atomic E-state index is 9.64. The Morgan fingerprint density at radius 2 is 1.94 bits per heavy atom. The van der Waals surface area contributed by atoms with E-state index < -0.39 is 0 Å². The van der Waals surface area contributed by atoms with E-state index in [1.54, 1.807) is 0 Å². The van der Waals surface area contributed by atoms with Crippen LogP contribution in [0, 0.1) is 17.3 Å². The minimum absolute atomic E-state index is 0.105. The third-order valence-corrected chi connectivity index (χ3v) is 5.89. The SMILES string of the molecule is CC1(C)C2CC=C(C3(N)CCC(O)CC3)C1C2. The number of aliphatic hydroxyl groups excluding tert-OH is 1. The smallest absolute Gasteiger partial charge is 0.0541 e. The van der Waals surface area contributed by atoms with E-state index in [4.69, 9.17) is 5.73 Å². The van der Waals surface area contributed by atoms with Gasteiger partial charge < -0.3 is 10.8 Å². The molecule has 2 unspecified atom stereocenters. The van der Waals surface area contributed by atoms with E-state index in [0.29, 0.717) is 11.3 Å². The van der Waals surface area contributed by atoms with Gasteiger partial charge in [0.15, 0.2) is 0 Å². The quantitative estimate of drug-likeness (QED) is 0.686. The molecule has 0 saturated heterocycles. The number of fused-ring (bicyclic) bond motifs is 1. The predicted octanol–water partition coefficient (Wildman–Crippen LogP) is 2.61. The normalized spacial score (nSPS) is 48.2. The van der Waals surface area contributed by atoms with Crippen molar-refractivity contribution in [3.8, 4) is 0 Å². The Hall–Kier alpha value is -0.340. The Morgan fingerprint density at radius 1 is 1.29 bits per heavy atom. The Kier molecular flexibility index (Phi) is 2.47. The molecule has 4 aliphatic rings. The van der Waals surface area contributed by atoms with Crippen LogP contribution in [0.1, 0.15) is 52.4 Å². The lowest BCUT2D eigenvalue weighted by atomic mass is 9.46. The van der Waals surface area contributed by atoms with Gasteiger partial charge in [-0.1, -0.05) is 25.5 Å². The largest absolute Gasteiger partial charge is 0.393 e. The Bertz CT molecular complexity index is 350. The van der Waals surface area contributed by atoms with E-state index in [2.05, 4.69) is 19.9 Å². The molecule has 0 spiro atoms. The Morgan fingerprint density at radius 3 is 2.47 bits per heavy atom. The van der Waals surface area contributed by atoms with Gasteiger partial charge in [-0.05, 0) is 55.8 Å². The van der Waals surface area contributed by atoms with Crippen LogP contribution in [0.2, 0.25) is 0 Å². The van der Waals surface area contributed by atoms with Crippen molar-refractivity contribution in [3.05, 3.63) is 11.6 Å². The van der Waals surface area contributed by atoms with Crippen molar-refractivity contribution in [1.82, 2.24) is 0 Å². The third-order valence-electron chi connectivity index (χ3n) is 5.89. The molecule has 2 nitrogen and oxygen atoms in total. The lowest BCUT2D eigenvalue weighted by molar-refractivity contribution is -0.0202. The van der Waals surface area contributed by atoms with Crippen molar-refractivity contribution >= 4 is 0 Å². The summed E-state index contributed by atoms with van der Waals surface area (Å²) in [7, 11) is 0. The van der Waals surface area contributed by atoms with E-state index in [1.807, 2.05) is 0 Å². The third kappa shape index (κ3) is 1.61. The molecule has 17 heavy (non-hydrogen) atoms. The van der Waals surface area contributed by atoms with Crippen LogP contribution in [0.4, 0.5) is 0 Å². The van der Waals surface area contributed by atoms with Crippen molar-refractivity contribution < 1.29 is 5.11 Å². The molecule has 4 aliphatic carbocycles. The van der Waals surface area contributed by atoms with Crippen molar-refractivity contribution in [2.75, 3.05) is 0 Å². The van der Waals surface area contributed by atoms with Gasteiger partial charge >= 0.3 is 0 Å². The van der Waals surface area contributed by atoms with Crippen LogP contribution in [0.3, 0.4) is 0 Å². The molecular weight excluding hydrogens is 210 g/mol. The molecule has 2 bridgehead atoms. The van der Waals surface area contributed by atoms with Gasteiger partial charge in [0, 0.05) is 5.54 Å². The molecule has 0 heterocycles. The number of hydrogen-bond donors (Lipinski definition) is 2. The highest BCUT2D eigenvalue weighted by atomic mass is 16.3. The first-order valence-corrected chi connectivity index (χ1v) is 7.11. The average Bonchev–Trinajstić information content (AvgIpc) is 2.33. The molecule has 0 aromatic rings. The number of aliphatic hydroxyl groups is 1. The number of nitrogens with two attached hydrogens (primary N) is 1. The predicted molar refractivity (Wildman–Crippen MR) is 69.5 cm³/mol. The molecule has 3 N–H and O–H groups in total. The van der Waals surface area contributed by atoms with Crippen molar-refractivity contribution in [2.24, 2.45) is 23.0 Å². The van der Waals surface area contributed by atoms with Gasteiger partial charge in [0.1, 0.15) is 0 Å². The van der Waals surface area contributed by atoms with Gasteiger partial charge in [0.25, 0.3) is 0 Å². The molecule has 0 aromatic heterocycles. The summed E-state index contributed by atoms with van der Waals surface area (Å²) in [4.78, 5) is 0. The van der Waals surface area contributed by atoms with E-state index in [0.717, 1.165) is 31.6 Å². The van der Waals surface area contributed by atoms with Crippen LogP contribution in [-0.2, 0) is 0 Å². The lowest BCUT2D eigenvalue weighted by Gasteiger charge is -2.60. The van der Waals surface area contributed by atoms with Crippen LogP contribution in [0.5, 0.6) is 0 Å². The van der Waals surface area contributed by atoms with E-state index >= 15 is 0 Å². The Labute approximate surface area is 104 Å². The second-order valence-corrected chi connectivity index (χ2v) is 7.09. The fourth-order valence-electron chi connectivity index (χ4n) is 4.31. The monoisotopic (exact) mass is 235 g/mol. The highest BCUT2D eigenvalue weighted by Crippen LogP contribution is 2.61. The fraction of sp³-hybridized carbons (Fsp3) is 0.867. The van der Waals surface area contributed by atoms with Crippen LogP contribution in [-0.4, -0.2) is 16.7 Å². The fourth-order valence-corrected chi connectivity index (χ4v) is 4.31. The highest BCUT2D eigenvalue weighted by molar-refractivity contribution is 5.32. The first kappa shape index (κ1) is 11.7. The van der Waals surface area contributed by atoms with Crippen LogP contribution < -0.4 is 5.73 Å². The first-order chi connectivity index (χ1) is 7.93. The number of allylic oxidation sites excluding steroid dienone is 1. The van der Waals surface area contributed by atoms with Crippen molar-refractivity contribution in [1.29, 1.82) is 0 Å². The first-order valence-electron chi connectivity index (χ1n) is 7.11. The Balaban J connectivity index is 1.83. The highest BCUT2D eigenvalue weighted by Gasteiger charge is 2.54. The summed E-state index contributed by atoms with van der Waals surface area (Å²) in [5, 5.41) is 9.64. The number of rotatable bonds is 1. The summed E-state index contributed by atoms with van der Waals surface area (Å²) in [6.07, 6.45) is 8.59. The van der Waals surface area contributed by atoms with Crippen molar-refractivity contribution in [2.45, 2.75) is 64.0 Å². The summed E-state index contributed by atoms with van der Waals surface area (Å²) >= 11 is 0. The van der Waals surface area contributed by atoms with Gasteiger partial charge in [-0.3, -0.25) is 0 Å². The van der Waals surface area contributed by atoms with Crippen LogP contribution in [0.25, 0.3) is 0 Å². The minimum atomic E-state index is -0.113. The average molecular weight is 235 g/mol. The zero-order chi connectivity index (χ0) is 12.3. The molecule has 0 amide bonds. The zero-order valence-corrected chi connectivity index (χ0v) is 11.1. The zero-order valence-electron chi connectivity index (χ0n) is 11.1. The topological polar surface area (TPSA) is 46.2 Å². The standard InChI is InChI=1S/C15H25NO/c1-14(2)10-3-4-12(13(14)9-10)15(16)7-5-11(17)6-8-15/h4,10-11,13,17H,3,5-9,16H2,1-2H3. The van der Waals surface area contributed by atoms with Gasteiger partial charge in [0.2, 0.25) is 0 Å². The van der Waals surface area contributed by atoms with Crippen molar-refractivity contribution in [3.63, 3.8) is 0 Å². The van der Waals surface area contributed by atoms with Gasteiger partial charge in [0.05, 0.1) is 6.10 Å². The molecule has 2 heteroatoms. The summed E-state index contributed by atoms with van der Waals surface area (Å²) in [5.74, 6) is 1.59. The molecule has 96 valence electrons. The molecule has 4 rings (SSSR count). The molecule has 0 aliphatic heterocycles. The summed E-state index contributed by atoms with van der Waals surface area (Å²) in [6, 6.07) is 0.